The Bertz CT molecular complexity index is 606. The fourth-order valence-electron chi connectivity index (χ4n) is 3.20. The minimum absolute atomic E-state index is 0.0134. The van der Waals surface area contributed by atoms with Crippen molar-refractivity contribution in [1.82, 2.24) is 15.5 Å². The normalized spacial score (nSPS) is 20.6. The minimum Gasteiger partial charge on any atom is -0.356 e. The van der Waals surface area contributed by atoms with Gasteiger partial charge in [0.05, 0.1) is 12.0 Å². The van der Waals surface area contributed by atoms with Crippen LogP contribution >= 0.6 is 0 Å². The molecule has 132 valence electrons. The van der Waals surface area contributed by atoms with Gasteiger partial charge >= 0.3 is 6.03 Å². The Morgan fingerprint density at radius 1 is 1.21 bits per heavy atom. The third-order valence-electron chi connectivity index (χ3n) is 4.46. The summed E-state index contributed by atoms with van der Waals surface area (Å²) in [6.07, 6.45) is 1.40. The van der Waals surface area contributed by atoms with E-state index in [4.69, 9.17) is 0 Å². The van der Waals surface area contributed by atoms with Gasteiger partial charge in [0.1, 0.15) is 5.82 Å². The highest BCUT2D eigenvalue weighted by molar-refractivity contribution is 5.81. The molecule has 1 aliphatic rings. The number of likely N-dealkylation sites (tertiary alicyclic amines) is 1. The van der Waals surface area contributed by atoms with Gasteiger partial charge in [-0.25, -0.2) is 9.18 Å². The lowest BCUT2D eigenvalue weighted by molar-refractivity contribution is -0.126. The zero-order valence-corrected chi connectivity index (χ0v) is 14.6. The molecule has 1 aromatic carbocycles. The zero-order valence-electron chi connectivity index (χ0n) is 14.6. The SMILES string of the molecule is CCNC(=O)C1CCC(c2ccc(F)c(C)c2)N(C(=O)NCC)C1. The second-order valence-corrected chi connectivity index (χ2v) is 6.18. The predicted octanol–water partition coefficient (Wildman–Crippen LogP) is 2.75. The number of halogens is 1. The van der Waals surface area contributed by atoms with Crippen LogP contribution in [0.1, 0.15) is 43.9 Å². The number of benzene rings is 1. The molecule has 1 heterocycles. The summed E-state index contributed by atoms with van der Waals surface area (Å²) in [6, 6.07) is 4.64. The predicted molar refractivity (Wildman–Crippen MR) is 91.1 cm³/mol. The van der Waals surface area contributed by atoms with Crippen molar-refractivity contribution in [2.75, 3.05) is 19.6 Å². The standard InChI is InChI=1S/C18H26FN3O2/c1-4-20-17(23)14-7-9-16(22(11-14)18(24)21-5-2)13-6-8-15(19)12(3)10-13/h6,8,10,14,16H,4-5,7,9,11H2,1-3H3,(H,20,23)(H,21,24). The van der Waals surface area contributed by atoms with Gasteiger partial charge in [-0.1, -0.05) is 12.1 Å². The van der Waals surface area contributed by atoms with E-state index >= 15 is 0 Å². The number of carbonyl (C=O) groups is 2. The van der Waals surface area contributed by atoms with E-state index in [1.807, 2.05) is 13.8 Å². The molecule has 1 fully saturated rings. The van der Waals surface area contributed by atoms with Crippen molar-refractivity contribution in [3.05, 3.63) is 35.1 Å². The Balaban J connectivity index is 2.24. The number of aryl methyl sites for hydroxylation is 1. The van der Waals surface area contributed by atoms with Gasteiger partial charge in [-0.05, 0) is 50.8 Å². The monoisotopic (exact) mass is 335 g/mol. The van der Waals surface area contributed by atoms with E-state index in [2.05, 4.69) is 10.6 Å². The smallest absolute Gasteiger partial charge is 0.317 e. The van der Waals surface area contributed by atoms with Crippen LogP contribution < -0.4 is 10.6 Å². The van der Waals surface area contributed by atoms with Crippen LogP contribution in [0, 0.1) is 18.7 Å². The number of rotatable bonds is 4. The number of hydrogen-bond acceptors (Lipinski definition) is 2. The second kappa shape index (κ2) is 8.13. The van der Waals surface area contributed by atoms with E-state index in [0.717, 1.165) is 5.56 Å². The lowest BCUT2D eigenvalue weighted by Gasteiger charge is -2.39. The van der Waals surface area contributed by atoms with Crippen LogP contribution in [-0.2, 0) is 4.79 Å². The number of carbonyl (C=O) groups excluding carboxylic acids is 2. The molecule has 6 heteroatoms. The van der Waals surface area contributed by atoms with E-state index in [1.165, 1.54) is 6.07 Å². The molecule has 5 nitrogen and oxygen atoms in total. The first-order chi connectivity index (χ1) is 11.5. The summed E-state index contributed by atoms with van der Waals surface area (Å²) in [5.74, 6) is -0.467. The highest BCUT2D eigenvalue weighted by Crippen LogP contribution is 2.34. The molecule has 1 saturated heterocycles. The van der Waals surface area contributed by atoms with Gasteiger partial charge in [-0.15, -0.1) is 0 Å². The van der Waals surface area contributed by atoms with Crippen LogP contribution in [0.4, 0.5) is 9.18 Å². The summed E-state index contributed by atoms with van der Waals surface area (Å²) in [6.45, 7) is 6.94. The molecule has 3 amide bonds. The van der Waals surface area contributed by atoms with Crippen molar-refractivity contribution in [1.29, 1.82) is 0 Å². The maximum absolute atomic E-state index is 13.5. The summed E-state index contributed by atoms with van der Waals surface area (Å²) in [5.41, 5.74) is 1.48. The van der Waals surface area contributed by atoms with Crippen LogP contribution in [0.5, 0.6) is 0 Å². The first kappa shape index (κ1) is 18.2. The van der Waals surface area contributed by atoms with E-state index < -0.39 is 0 Å². The molecule has 0 aliphatic carbocycles. The number of piperidine rings is 1. The van der Waals surface area contributed by atoms with Crippen LogP contribution in [0.25, 0.3) is 0 Å². The molecule has 1 aliphatic heterocycles. The molecule has 24 heavy (non-hydrogen) atoms. The Kier molecular flexibility index (Phi) is 6.17. The van der Waals surface area contributed by atoms with Gasteiger partial charge in [0, 0.05) is 19.6 Å². The third kappa shape index (κ3) is 4.04. The molecule has 0 aromatic heterocycles. The molecule has 0 radical (unpaired) electrons. The Morgan fingerprint density at radius 2 is 1.92 bits per heavy atom. The minimum atomic E-state index is -0.251. The number of nitrogens with one attached hydrogen (secondary N) is 2. The highest BCUT2D eigenvalue weighted by atomic mass is 19.1. The van der Waals surface area contributed by atoms with Crippen LogP contribution in [0.15, 0.2) is 18.2 Å². The zero-order chi connectivity index (χ0) is 17.7. The summed E-state index contributed by atoms with van der Waals surface area (Å²) in [4.78, 5) is 26.3. The van der Waals surface area contributed by atoms with E-state index in [1.54, 1.807) is 24.0 Å². The summed E-state index contributed by atoms with van der Waals surface area (Å²) < 4.78 is 13.5. The molecule has 2 N–H and O–H groups in total. The van der Waals surface area contributed by atoms with Crippen molar-refractivity contribution >= 4 is 11.9 Å². The number of nitrogens with zero attached hydrogens (tertiary/aromatic N) is 1. The molecule has 2 unspecified atom stereocenters. The Hall–Kier alpha value is -2.11. The van der Waals surface area contributed by atoms with Crippen molar-refractivity contribution in [3.63, 3.8) is 0 Å². The van der Waals surface area contributed by atoms with E-state index in [0.29, 0.717) is 38.0 Å². The number of hydrogen-bond donors (Lipinski definition) is 2. The average Bonchev–Trinajstić information content (AvgIpc) is 2.57. The molecule has 1 aromatic rings. The Labute approximate surface area is 142 Å². The van der Waals surface area contributed by atoms with Crippen molar-refractivity contribution < 1.29 is 14.0 Å². The highest BCUT2D eigenvalue weighted by Gasteiger charge is 2.35. The molecule has 0 spiro atoms. The van der Waals surface area contributed by atoms with Crippen LogP contribution in [-0.4, -0.2) is 36.5 Å². The Morgan fingerprint density at radius 3 is 2.54 bits per heavy atom. The topological polar surface area (TPSA) is 61.4 Å². The molecular formula is C18H26FN3O2. The lowest BCUT2D eigenvalue weighted by Crippen LogP contribution is -2.50. The number of amides is 3. The van der Waals surface area contributed by atoms with Crippen molar-refractivity contribution in [3.8, 4) is 0 Å². The molecular weight excluding hydrogens is 309 g/mol. The summed E-state index contributed by atoms with van der Waals surface area (Å²) in [7, 11) is 0. The van der Waals surface area contributed by atoms with Crippen molar-refractivity contribution in [2.45, 2.75) is 39.7 Å². The van der Waals surface area contributed by atoms with Gasteiger partial charge in [0.25, 0.3) is 0 Å². The fourth-order valence-corrected chi connectivity index (χ4v) is 3.20. The first-order valence-corrected chi connectivity index (χ1v) is 8.56. The van der Waals surface area contributed by atoms with Crippen molar-refractivity contribution in [2.24, 2.45) is 5.92 Å². The van der Waals surface area contributed by atoms with Gasteiger partial charge in [0.2, 0.25) is 5.91 Å². The maximum Gasteiger partial charge on any atom is 0.317 e. The summed E-state index contributed by atoms with van der Waals surface area (Å²) in [5, 5.41) is 5.64. The second-order valence-electron chi connectivity index (χ2n) is 6.18. The average molecular weight is 335 g/mol. The van der Waals surface area contributed by atoms with E-state index in [-0.39, 0.29) is 29.7 Å². The fraction of sp³-hybridized carbons (Fsp3) is 0.556. The molecule has 2 rings (SSSR count). The van der Waals surface area contributed by atoms with Gasteiger partial charge in [0.15, 0.2) is 0 Å². The lowest BCUT2D eigenvalue weighted by atomic mass is 9.88. The maximum atomic E-state index is 13.5. The van der Waals surface area contributed by atoms with Crippen LogP contribution in [0.3, 0.4) is 0 Å². The molecule has 0 bridgehead atoms. The molecule has 0 saturated carbocycles. The van der Waals surface area contributed by atoms with Gasteiger partial charge < -0.3 is 15.5 Å². The quantitative estimate of drug-likeness (QED) is 0.889. The molecule has 2 atom stereocenters. The summed E-state index contributed by atoms with van der Waals surface area (Å²) >= 11 is 0. The first-order valence-electron chi connectivity index (χ1n) is 8.56. The largest absolute Gasteiger partial charge is 0.356 e. The number of urea groups is 1. The van der Waals surface area contributed by atoms with Gasteiger partial charge in [-0.3, -0.25) is 4.79 Å². The van der Waals surface area contributed by atoms with E-state index in [9.17, 15) is 14.0 Å². The third-order valence-corrected chi connectivity index (χ3v) is 4.46. The van der Waals surface area contributed by atoms with Crippen LogP contribution in [0.2, 0.25) is 0 Å². The van der Waals surface area contributed by atoms with Gasteiger partial charge in [-0.2, -0.15) is 0 Å².